The third-order valence-electron chi connectivity index (χ3n) is 3.03. The molecule has 0 atom stereocenters. The Morgan fingerprint density at radius 1 is 1.33 bits per heavy atom. The van der Waals surface area contributed by atoms with E-state index in [1.807, 2.05) is 34.9 Å². The summed E-state index contributed by atoms with van der Waals surface area (Å²) in [5.74, 6) is 1.26. The third kappa shape index (κ3) is 3.06. The highest BCUT2D eigenvalue weighted by molar-refractivity contribution is 9.10. The van der Waals surface area contributed by atoms with Crippen molar-refractivity contribution in [3.63, 3.8) is 0 Å². The number of ether oxygens (including phenoxy) is 1. The summed E-state index contributed by atoms with van der Waals surface area (Å²) in [6.07, 6.45) is 5.38. The molecule has 108 valence electrons. The molecule has 21 heavy (non-hydrogen) atoms. The van der Waals surface area contributed by atoms with Crippen LogP contribution in [0.15, 0.2) is 47.3 Å². The van der Waals surface area contributed by atoms with Crippen LogP contribution in [0.1, 0.15) is 12.6 Å². The zero-order valence-electron chi connectivity index (χ0n) is 11.6. The Hall–Kier alpha value is -1.92. The average molecular weight is 347 g/mol. The average Bonchev–Trinajstić information content (AvgIpc) is 2.82. The van der Waals surface area contributed by atoms with Crippen LogP contribution in [-0.4, -0.2) is 20.9 Å². The zero-order chi connectivity index (χ0) is 14.7. The summed E-state index contributed by atoms with van der Waals surface area (Å²) in [4.78, 5) is 8.65. The Morgan fingerprint density at radius 2 is 2.24 bits per heavy atom. The van der Waals surface area contributed by atoms with E-state index in [9.17, 15) is 0 Å². The first kappa shape index (κ1) is 14.0. The van der Waals surface area contributed by atoms with Gasteiger partial charge in [0.25, 0.3) is 0 Å². The number of nitrogens with zero attached hydrogens (tertiary/aromatic N) is 3. The molecule has 5 nitrogen and oxygen atoms in total. The standard InChI is InChI=1S/C15H15BrN4O/c1-2-17-10-13-15(19-14-5-3-4-6-20(13)14)21-12-7-11(16)8-18-9-12/h3-9,17H,2,10H2,1H3. The van der Waals surface area contributed by atoms with Gasteiger partial charge in [-0.1, -0.05) is 13.0 Å². The summed E-state index contributed by atoms with van der Waals surface area (Å²) in [6, 6.07) is 7.77. The van der Waals surface area contributed by atoms with Gasteiger partial charge in [0.15, 0.2) is 0 Å². The van der Waals surface area contributed by atoms with Gasteiger partial charge in [0.05, 0.1) is 6.20 Å². The van der Waals surface area contributed by atoms with Crippen LogP contribution in [0.25, 0.3) is 5.65 Å². The Kier molecular flexibility index (Phi) is 4.17. The highest BCUT2D eigenvalue weighted by Gasteiger charge is 2.13. The number of hydrogen-bond acceptors (Lipinski definition) is 4. The highest BCUT2D eigenvalue weighted by atomic mass is 79.9. The number of fused-ring (bicyclic) bond motifs is 1. The zero-order valence-corrected chi connectivity index (χ0v) is 13.2. The Morgan fingerprint density at radius 3 is 3.05 bits per heavy atom. The van der Waals surface area contributed by atoms with Gasteiger partial charge in [-0.15, -0.1) is 0 Å². The summed E-state index contributed by atoms with van der Waals surface area (Å²) in [6.45, 7) is 3.65. The second-order valence-electron chi connectivity index (χ2n) is 4.51. The summed E-state index contributed by atoms with van der Waals surface area (Å²) in [5.41, 5.74) is 1.86. The van der Waals surface area contributed by atoms with Crippen LogP contribution in [0, 0.1) is 0 Å². The first-order valence-corrected chi connectivity index (χ1v) is 7.52. The van der Waals surface area contributed by atoms with E-state index in [0.717, 1.165) is 22.4 Å². The van der Waals surface area contributed by atoms with Gasteiger partial charge in [-0.05, 0) is 40.7 Å². The van der Waals surface area contributed by atoms with Crippen molar-refractivity contribution < 1.29 is 4.74 Å². The van der Waals surface area contributed by atoms with Crippen molar-refractivity contribution in [3.05, 3.63) is 53.0 Å². The van der Waals surface area contributed by atoms with E-state index in [0.29, 0.717) is 18.2 Å². The van der Waals surface area contributed by atoms with Crippen LogP contribution in [0.2, 0.25) is 0 Å². The third-order valence-corrected chi connectivity index (χ3v) is 3.46. The molecule has 0 saturated heterocycles. The number of nitrogens with one attached hydrogen (secondary N) is 1. The molecule has 0 aromatic carbocycles. The quantitative estimate of drug-likeness (QED) is 0.769. The Bertz CT molecular complexity index is 756. The van der Waals surface area contributed by atoms with E-state index in [4.69, 9.17) is 4.74 Å². The first-order valence-electron chi connectivity index (χ1n) is 6.73. The van der Waals surface area contributed by atoms with Crippen molar-refractivity contribution >= 4 is 21.6 Å². The molecular weight excluding hydrogens is 332 g/mol. The second kappa shape index (κ2) is 6.24. The monoisotopic (exact) mass is 346 g/mol. The van der Waals surface area contributed by atoms with E-state index >= 15 is 0 Å². The molecular formula is C15H15BrN4O. The van der Waals surface area contributed by atoms with Gasteiger partial charge >= 0.3 is 0 Å². The van der Waals surface area contributed by atoms with Crippen LogP contribution in [-0.2, 0) is 6.54 Å². The molecule has 3 rings (SSSR count). The highest BCUT2D eigenvalue weighted by Crippen LogP contribution is 2.26. The molecule has 0 aliphatic rings. The van der Waals surface area contributed by atoms with Gasteiger partial charge in [-0.3, -0.25) is 9.38 Å². The number of imidazole rings is 1. The molecule has 0 spiro atoms. The van der Waals surface area contributed by atoms with Crippen molar-refractivity contribution in [1.82, 2.24) is 19.7 Å². The van der Waals surface area contributed by atoms with Gasteiger partial charge in [-0.25, -0.2) is 0 Å². The lowest BCUT2D eigenvalue weighted by atomic mass is 10.4. The van der Waals surface area contributed by atoms with Crippen LogP contribution in [0.4, 0.5) is 0 Å². The molecule has 0 fully saturated rings. The molecule has 3 aromatic rings. The number of pyridine rings is 2. The van der Waals surface area contributed by atoms with Crippen LogP contribution in [0.5, 0.6) is 11.6 Å². The normalized spacial score (nSPS) is 11.0. The topological polar surface area (TPSA) is 51.5 Å². The maximum Gasteiger partial charge on any atom is 0.242 e. The van der Waals surface area contributed by atoms with Gasteiger partial charge in [0.1, 0.15) is 17.1 Å². The number of aromatic nitrogens is 3. The number of hydrogen-bond donors (Lipinski definition) is 1. The fourth-order valence-corrected chi connectivity index (χ4v) is 2.41. The SMILES string of the molecule is CCNCc1c(Oc2cncc(Br)c2)nc2ccccn12. The largest absolute Gasteiger partial charge is 0.436 e. The maximum absolute atomic E-state index is 5.91. The Balaban J connectivity index is 2.00. The number of halogens is 1. The van der Waals surface area contributed by atoms with E-state index in [2.05, 4.69) is 38.1 Å². The lowest BCUT2D eigenvalue weighted by molar-refractivity contribution is 0.453. The first-order chi connectivity index (χ1) is 10.3. The summed E-state index contributed by atoms with van der Waals surface area (Å²) < 4.78 is 8.81. The van der Waals surface area contributed by atoms with E-state index < -0.39 is 0 Å². The Labute approximate surface area is 131 Å². The summed E-state index contributed by atoms with van der Waals surface area (Å²) in [5, 5.41) is 3.31. The van der Waals surface area contributed by atoms with E-state index in [-0.39, 0.29) is 0 Å². The van der Waals surface area contributed by atoms with Crippen LogP contribution >= 0.6 is 15.9 Å². The molecule has 0 unspecified atom stereocenters. The molecule has 0 amide bonds. The lowest BCUT2D eigenvalue weighted by Gasteiger charge is -2.07. The molecule has 0 saturated carbocycles. The molecule has 0 radical (unpaired) electrons. The van der Waals surface area contributed by atoms with Crippen molar-refractivity contribution in [2.24, 2.45) is 0 Å². The van der Waals surface area contributed by atoms with E-state index in [1.165, 1.54) is 0 Å². The molecule has 6 heteroatoms. The lowest BCUT2D eigenvalue weighted by Crippen LogP contribution is -2.14. The smallest absolute Gasteiger partial charge is 0.242 e. The molecule has 1 N–H and O–H groups in total. The maximum atomic E-state index is 5.91. The predicted molar refractivity (Wildman–Crippen MR) is 84.6 cm³/mol. The van der Waals surface area contributed by atoms with Crippen molar-refractivity contribution in [1.29, 1.82) is 0 Å². The summed E-state index contributed by atoms with van der Waals surface area (Å²) >= 11 is 3.39. The van der Waals surface area contributed by atoms with Crippen molar-refractivity contribution in [2.75, 3.05) is 6.54 Å². The molecule has 3 heterocycles. The summed E-state index contributed by atoms with van der Waals surface area (Å²) in [7, 11) is 0. The minimum absolute atomic E-state index is 0.599. The second-order valence-corrected chi connectivity index (χ2v) is 5.43. The van der Waals surface area contributed by atoms with Gasteiger partial charge in [0.2, 0.25) is 5.88 Å². The fourth-order valence-electron chi connectivity index (χ4n) is 2.07. The number of rotatable bonds is 5. The molecule has 3 aromatic heterocycles. The van der Waals surface area contributed by atoms with Crippen LogP contribution in [0.3, 0.4) is 0 Å². The van der Waals surface area contributed by atoms with Crippen molar-refractivity contribution in [2.45, 2.75) is 13.5 Å². The molecule has 0 bridgehead atoms. The van der Waals surface area contributed by atoms with Gasteiger partial charge < -0.3 is 10.1 Å². The van der Waals surface area contributed by atoms with Gasteiger partial charge in [0, 0.05) is 23.4 Å². The van der Waals surface area contributed by atoms with Crippen LogP contribution < -0.4 is 10.1 Å². The minimum Gasteiger partial charge on any atom is -0.436 e. The minimum atomic E-state index is 0.599. The predicted octanol–water partition coefficient (Wildman–Crippen LogP) is 3.39. The van der Waals surface area contributed by atoms with E-state index in [1.54, 1.807) is 12.4 Å². The van der Waals surface area contributed by atoms with Gasteiger partial charge in [-0.2, -0.15) is 4.98 Å². The fraction of sp³-hybridized carbons (Fsp3) is 0.200. The molecule has 0 aliphatic heterocycles. The molecule has 0 aliphatic carbocycles. The van der Waals surface area contributed by atoms with Crippen molar-refractivity contribution in [3.8, 4) is 11.6 Å².